The highest BCUT2D eigenvalue weighted by Crippen LogP contribution is 2.22. The number of rotatable bonds is 35. The summed E-state index contributed by atoms with van der Waals surface area (Å²) in [5.41, 5.74) is 18.1. The number of carbonyl (C=O) groups excluding carboxylic acids is 16. The van der Waals surface area contributed by atoms with E-state index in [1.54, 1.807) is 30.5 Å². The van der Waals surface area contributed by atoms with Crippen LogP contribution in [0.3, 0.4) is 0 Å². The first kappa shape index (κ1) is 94.7. The lowest BCUT2D eigenvalue weighted by Gasteiger charge is -2.30. The summed E-state index contributed by atoms with van der Waals surface area (Å²) in [7, 11) is 0. The maximum Gasteiger partial charge on any atom is 0.329 e. The van der Waals surface area contributed by atoms with Crippen LogP contribution in [0.25, 0.3) is 10.9 Å². The number of amides is 14. The number of carboxylic acids is 4. The summed E-state index contributed by atoms with van der Waals surface area (Å²) in [6, 6.07) is -10.5. The van der Waals surface area contributed by atoms with Gasteiger partial charge in [0, 0.05) is 47.6 Å². The predicted molar refractivity (Wildman–Crippen MR) is 400 cm³/mol. The first-order valence-corrected chi connectivity index (χ1v) is 36.8. The van der Waals surface area contributed by atoms with E-state index in [2.05, 4.69) is 65.1 Å². The van der Waals surface area contributed by atoms with Crippen molar-refractivity contribution in [1.82, 2.24) is 74.1 Å². The summed E-state index contributed by atoms with van der Waals surface area (Å²) in [6.45, 7) is 1.11. The molecule has 0 saturated carbocycles. The van der Waals surface area contributed by atoms with Gasteiger partial charge in [-0.25, -0.2) is 4.79 Å². The molecule has 43 heteroatoms. The van der Waals surface area contributed by atoms with Gasteiger partial charge in [-0.15, -0.1) is 0 Å². The SMILES string of the molecule is CCCCCCCCCC(=O)N[C@@H](Cc1c[nH]c2ccccc12)C(=O)N[C@@H](CC(N)=O)C(=O)N[C@@H](CC(=O)O)C(=O)N[C@@H]1C(=O)NCC(=O)N[C@@H](CCCN)C(=O)N[C@@H](CC(=O)O)C(=O)N[C@H](C)C(=O)N[C@H](CC(=O)O)C(=O)NCC(=O)N[C@H](CO)C(=O)N[C@@H]([C@@H](C)CC(=O)O)C(=O)N[C@@H](CC(=O)c2ccccc2N)C(=O)O[C@@H]1C. The molecule has 2 aromatic carbocycles. The number of aromatic nitrogens is 1. The Morgan fingerprint density at radius 1 is 0.548 bits per heavy atom. The summed E-state index contributed by atoms with van der Waals surface area (Å²) in [5, 5.41) is 78.7. The standard InChI is InChI=1S/C72H101N17O26/c1-5-6-7-8-9-10-11-22-53(93)81-44(25-38-31-76-42-20-15-13-17-39(38)42)66(108)84-45(27-52(75)92)67(109)86-48(30-59(102)103)68(110)89-61-37(4)115-72(114)49(26-51(91)40-18-12-14-19-41(40)74)87-71(113)60(35(2)24-56(96)97)88-69(111)50(34-90)82-55(95)32-77-63(105)46(28-57(98)99)83-62(104)36(3)79-65(107)47(29-58(100)101)85-64(106)43(21-16-23-73)80-54(94)33-78-70(61)112/h12-15,17-20,31,35-37,43-50,60-61,76,90H,5-11,16,21-30,32-34,73-74H2,1-4H3,(H2,75,92)(H,77,105)(H,78,112)(H,79,107)(H,80,94)(H,81,93)(H,82,95)(H,83,104)(H,84,108)(H,85,106)(H,86,109)(H,87,113)(H,88,111)(H,89,110)(H,96,97)(H,98,99)(H,100,101)(H,102,103)/t35-,36+,37+,43-,44-,45-,46+,47-,48-,49-,50+,60-,61-/m0/s1. The molecular formula is C72H101N17O26. The van der Waals surface area contributed by atoms with Crippen molar-refractivity contribution in [2.75, 3.05) is 32.0 Å². The summed E-state index contributed by atoms with van der Waals surface area (Å²) in [4.78, 5) is 276. The molecule has 0 unspecified atom stereocenters. The number of aliphatic hydroxyl groups is 1. The van der Waals surface area contributed by atoms with E-state index in [1.807, 2.05) is 16.0 Å². The van der Waals surface area contributed by atoms with E-state index in [0.717, 1.165) is 52.9 Å². The van der Waals surface area contributed by atoms with Crippen molar-refractivity contribution in [2.24, 2.45) is 17.4 Å². The van der Waals surface area contributed by atoms with Crippen molar-refractivity contribution in [3.8, 4) is 0 Å². The zero-order valence-electron chi connectivity index (χ0n) is 63.6. The van der Waals surface area contributed by atoms with E-state index >= 15 is 0 Å². The second-order valence-corrected chi connectivity index (χ2v) is 27.2. The number of aromatic amines is 1. The molecular weight excluding hydrogens is 1520 g/mol. The molecule has 2 heterocycles. The number of ketones is 1. The van der Waals surface area contributed by atoms with Gasteiger partial charge >= 0.3 is 29.8 Å². The van der Waals surface area contributed by atoms with Crippen LogP contribution < -0.4 is 86.3 Å². The van der Waals surface area contributed by atoms with Gasteiger partial charge in [0.1, 0.15) is 72.6 Å². The first-order chi connectivity index (χ1) is 54.4. The second kappa shape index (κ2) is 47.6. The Morgan fingerprint density at radius 2 is 1.09 bits per heavy atom. The van der Waals surface area contributed by atoms with E-state index in [1.165, 1.54) is 24.3 Å². The average molecular weight is 1620 g/mol. The van der Waals surface area contributed by atoms with Crippen LogP contribution >= 0.6 is 0 Å². The number of carboxylic acid groups (broad SMARTS) is 4. The van der Waals surface area contributed by atoms with E-state index in [4.69, 9.17) is 21.9 Å². The molecule has 25 N–H and O–H groups in total. The molecule has 4 rings (SSSR count). The van der Waals surface area contributed by atoms with Crippen molar-refractivity contribution in [3.05, 3.63) is 65.9 Å². The molecule has 13 atom stereocenters. The Hall–Kier alpha value is -12.7. The molecule has 1 aliphatic rings. The van der Waals surface area contributed by atoms with Crippen LogP contribution in [-0.4, -0.2) is 248 Å². The van der Waals surface area contributed by atoms with Crippen LogP contribution in [0.2, 0.25) is 0 Å². The van der Waals surface area contributed by atoms with Crippen LogP contribution in [0, 0.1) is 5.92 Å². The summed E-state index contributed by atoms with van der Waals surface area (Å²) < 4.78 is 5.68. The Kier molecular flexibility index (Phi) is 39.2. The highest BCUT2D eigenvalue weighted by atomic mass is 16.5. The van der Waals surface area contributed by atoms with Crippen LogP contribution in [0.5, 0.6) is 0 Å². The number of Topliss-reactive ketones (excluding diaryl/α,β-unsaturated/α-hetero) is 1. The number of fused-ring (bicyclic) bond motifs is 1. The Labute approximate surface area is 657 Å². The molecule has 1 fully saturated rings. The number of aliphatic hydroxyl groups excluding tert-OH is 1. The van der Waals surface area contributed by atoms with Gasteiger partial charge in [0.15, 0.2) is 5.78 Å². The first-order valence-electron chi connectivity index (χ1n) is 36.8. The molecule has 630 valence electrons. The number of cyclic esters (lactones) is 1. The molecule has 115 heavy (non-hydrogen) atoms. The minimum Gasteiger partial charge on any atom is -0.481 e. The Bertz CT molecular complexity index is 4040. The van der Waals surface area contributed by atoms with Gasteiger partial charge < -0.3 is 122 Å². The van der Waals surface area contributed by atoms with Gasteiger partial charge in [0.25, 0.3) is 0 Å². The summed E-state index contributed by atoms with van der Waals surface area (Å²) in [6.07, 6.45) is -2.33. The number of unbranched alkanes of at least 4 members (excludes halogenated alkanes) is 6. The lowest BCUT2D eigenvalue weighted by atomic mass is 9.96. The number of ether oxygens (including phenoxy) is 1. The number of hydrogen-bond donors (Lipinski definition) is 22. The lowest BCUT2D eigenvalue weighted by molar-refractivity contribution is -0.156. The average Bonchev–Trinajstić information content (AvgIpc) is 1.72. The molecule has 0 bridgehead atoms. The van der Waals surface area contributed by atoms with Gasteiger partial charge in [0.2, 0.25) is 82.7 Å². The number of para-hydroxylation sites is 2. The number of nitrogens with two attached hydrogens (primary N) is 3. The van der Waals surface area contributed by atoms with E-state index in [0.29, 0.717) is 29.3 Å². The monoisotopic (exact) mass is 1620 g/mol. The largest absolute Gasteiger partial charge is 0.481 e. The lowest BCUT2D eigenvalue weighted by Crippen LogP contribution is -2.62. The van der Waals surface area contributed by atoms with Crippen molar-refractivity contribution in [1.29, 1.82) is 0 Å². The molecule has 1 saturated heterocycles. The van der Waals surface area contributed by atoms with E-state index < -0.39 is 261 Å². The maximum absolute atomic E-state index is 14.8. The number of aliphatic carboxylic acids is 4. The van der Waals surface area contributed by atoms with E-state index in [9.17, 15) is 121 Å². The molecule has 43 nitrogen and oxygen atoms in total. The molecule has 0 radical (unpaired) electrons. The van der Waals surface area contributed by atoms with Gasteiger partial charge in [0.05, 0.1) is 51.8 Å². The minimum atomic E-state index is -2.45. The van der Waals surface area contributed by atoms with Crippen molar-refractivity contribution >= 4 is 135 Å². The van der Waals surface area contributed by atoms with Gasteiger partial charge in [-0.3, -0.25) is 91.1 Å². The number of primary amides is 1. The number of nitrogen functional groups attached to an aromatic ring is 1. The molecule has 0 spiro atoms. The molecule has 1 aliphatic heterocycles. The number of carbonyl (C=O) groups is 20. The third kappa shape index (κ3) is 32.5. The number of H-pyrrole nitrogens is 1. The number of nitrogens with one attached hydrogen (secondary N) is 14. The quantitative estimate of drug-likeness (QED) is 0.0113. The fourth-order valence-electron chi connectivity index (χ4n) is 11.7. The van der Waals surface area contributed by atoms with Crippen LogP contribution in [0.15, 0.2) is 54.7 Å². The number of esters is 1. The number of anilines is 1. The fourth-order valence-corrected chi connectivity index (χ4v) is 11.7. The molecule has 14 amide bonds. The van der Waals surface area contributed by atoms with Gasteiger partial charge in [-0.1, -0.05) is 82.7 Å². The normalized spacial score (nSPS) is 21.2. The third-order valence-corrected chi connectivity index (χ3v) is 17.9. The predicted octanol–water partition coefficient (Wildman–Crippen LogP) is -5.62. The van der Waals surface area contributed by atoms with E-state index in [-0.39, 0.29) is 37.1 Å². The zero-order valence-corrected chi connectivity index (χ0v) is 63.6. The fraction of sp³-hybridized carbons (Fsp3) is 0.528. The third-order valence-electron chi connectivity index (χ3n) is 17.9. The minimum absolute atomic E-state index is 0.0186. The topological polar surface area (TPSA) is 702 Å². The van der Waals surface area contributed by atoms with Gasteiger partial charge in [-0.05, 0) is 69.3 Å². The zero-order chi connectivity index (χ0) is 85.8. The highest BCUT2D eigenvalue weighted by Gasteiger charge is 2.41. The smallest absolute Gasteiger partial charge is 0.329 e. The van der Waals surface area contributed by atoms with Crippen LogP contribution in [0.4, 0.5) is 5.69 Å². The van der Waals surface area contributed by atoms with Crippen LogP contribution in [0.1, 0.15) is 146 Å². The molecule has 3 aromatic rings. The molecule has 1 aromatic heterocycles. The summed E-state index contributed by atoms with van der Waals surface area (Å²) in [5.74, 6) is -29.7. The summed E-state index contributed by atoms with van der Waals surface area (Å²) >= 11 is 0. The highest BCUT2D eigenvalue weighted by molar-refractivity contribution is 6.05. The van der Waals surface area contributed by atoms with Crippen molar-refractivity contribution in [2.45, 2.75) is 209 Å². The molecule has 0 aliphatic carbocycles. The Balaban J connectivity index is 1.87. The van der Waals surface area contributed by atoms with Crippen molar-refractivity contribution < 1.29 is 126 Å². The number of benzene rings is 2. The maximum atomic E-state index is 14.8. The van der Waals surface area contributed by atoms with Crippen LogP contribution in [-0.2, 0) is 102 Å². The Morgan fingerprint density at radius 3 is 1.69 bits per heavy atom. The number of hydrogen-bond acceptors (Lipinski definition) is 24. The van der Waals surface area contributed by atoms with Crippen molar-refractivity contribution in [3.63, 3.8) is 0 Å². The van der Waals surface area contributed by atoms with Gasteiger partial charge in [-0.2, -0.15) is 0 Å². The second-order valence-electron chi connectivity index (χ2n) is 27.2.